The molecule has 1 saturated heterocycles. The van der Waals surface area contributed by atoms with E-state index in [1.165, 1.54) is 19.3 Å². The molecule has 1 saturated carbocycles. The molecule has 1 aromatic carbocycles. The topological polar surface area (TPSA) is 41.1 Å². The minimum absolute atomic E-state index is 0.00720. The molecule has 1 aliphatic carbocycles. The first-order valence-electron chi connectivity index (χ1n) is 7.79. The van der Waals surface area contributed by atoms with Crippen LogP contribution in [0, 0.1) is 11.8 Å². The van der Waals surface area contributed by atoms with Crippen LogP contribution in [0.25, 0.3) is 0 Å². The molecule has 3 atom stereocenters. The lowest BCUT2D eigenvalue weighted by Gasteiger charge is -2.30. The lowest BCUT2D eigenvalue weighted by molar-refractivity contribution is -0.125. The van der Waals surface area contributed by atoms with E-state index in [0.29, 0.717) is 11.8 Å². The Kier molecular flexibility index (Phi) is 4.10. The first-order chi connectivity index (χ1) is 9.97. The summed E-state index contributed by atoms with van der Waals surface area (Å²) in [5.41, 5.74) is 0.774. The minimum atomic E-state index is -0.351. The number of hydrogen-bond acceptors (Lipinski definition) is 2. The summed E-state index contributed by atoms with van der Waals surface area (Å²) < 4.78 is 1.06. The highest BCUT2D eigenvalue weighted by atomic mass is 79.9. The predicted octanol–water partition coefficient (Wildman–Crippen LogP) is 3.19. The molecule has 1 heterocycles. The van der Waals surface area contributed by atoms with Crippen LogP contribution in [0.15, 0.2) is 28.7 Å². The van der Waals surface area contributed by atoms with Crippen LogP contribution in [-0.4, -0.2) is 18.5 Å². The smallest absolute Gasteiger partial charge is 0.238 e. The minimum Gasteiger partial charge on any atom is -0.346 e. The van der Waals surface area contributed by atoms with E-state index >= 15 is 0 Å². The number of nitrogens with one attached hydrogen (secondary N) is 2. The van der Waals surface area contributed by atoms with Crippen LogP contribution < -0.4 is 10.6 Å². The van der Waals surface area contributed by atoms with Gasteiger partial charge in [-0.1, -0.05) is 34.5 Å². The third-order valence-corrected chi connectivity index (χ3v) is 5.56. The molecule has 114 valence electrons. The van der Waals surface area contributed by atoms with Crippen LogP contribution in [0.1, 0.15) is 38.7 Å². The van der Waals surface area contributed by atoms with Crippen molar-refractivity contribution in [2.75, 3.05) is 6.54 Å². The van der Waals surface area contributed by atoms with Crippen LogP contribution in [0.2, 0.25) is 0 Å². The largest absolute Gasteiger partial charge is 0.346 e. The number of halogens is 1. The zero-order valence-corrected chi connectivity index (χ0v) is 14.2. The molecule has 0 aromatic heterocycles. The zero-order valence-electron chi connectivity index (χ0n) is 12.7. The van der Waals surface area contributed by atoms with E-state index in [4.69, 9.17) is 0 Å². The zero-order chi connectivity index (χ0) is 15.0. The Morgan fingerprint density at radius 1 is 1.29 bits per heavy atom. The van der Waals surface area contributed by atoms with E-state index in [9.17, 15) is 4.79 Å². The van der Waals surface area contributed by atoms with Crippen molar-refractivity contribution in [3.8, 4) is 0 Å². The maximum atomic E-state index is 12.7. The van der Waals surface area contributed by atoms with Crippen molar-refractivity contribution >= 4 is 21.8 Å². The fourth-order valence-corrected chi connectivity index (χ4v) is 4.06. The molecule has 3 unspecified atom stereocenters. The summed E-state index contributed by atoms with van der Waals surface area (Å²) >= 11 is 3.45. The van der Waals surface area contributed by atoms with Crippen LogP contribution >= 0.6 is 15.9 Å². The number of carbonyl (C=O) groups is 1. The average molecular weight is 351 g/mol. The normalized spacial score (nSPS) is 28.4. The lowest BCUT2D eigenvalue weighted by Crippen LogP contribution is -2.50. The molecule has 0 radical (unpaired) electrons. The number of benzene rings is 1. The highest BCUT2D eigenvalue weighted by molar-refractivity contribution is 9.10. The fraction of sp³-hybridized carbons (Fsp3) is 0.588. The number of rotatable bonds is 3. The molecular weight excluding hydrogens is 328 g/mol. The summed E-state index contributed by atoms with van der Waals surface area (Å²) in [6.45, 7) is 5.13. The Hall–Kier alpha value is -0.870. The molecule has 3 nitrogen and oxygen atoms in total. The van der Waals surface area contributed by atoms with Gasteiger partial charge in [0.15, 0.2) is 0 Å². The summed E-state index contributed by atoms with van der Waals surface area (Å²) in [6.07, 6.45) is 3.74. The van der Waals surface area contributed by atoms with Gasteiger partial charge in [-0.25, -0.2) is 0 Å². The van der Waals surface area contributed by atoms with Gasteiger partial charge in [0.25, 0.3) is 0 Å². The van der Waals surface area contributed by atoms with Gasteiger partial charge in [-0.05, 0) is 62.8 Å². The van der Waals surface area contributed by atoms with Gasteiger partial charge in [-0.3, -0.25) is 4.79 Å². The second-order valence-corrected chi connectivity index (χ2v) is 7.78. The lowest BCUT2D eigenvalue weighted by atomic mass is 9.90. The first kappa shape index (κ1) is 15.0. The monoisotopic (exact) mass is 350 g/mol. The van der Waals surface area contributed by atoms with Crippen molar-refractivity contribution in [3.05, 3.63) is 34.3 Å². The van der Waals surface area contributed by atoms with E-state index in [1.54, 1.807) is 0 Å². The van der Waals surface area contributed by atoms with Gasteiger partial charge >= 0.3 is 0 Å². The summed E-state index contributed by atoms with van der Waals surface area (Å²) in [7, 11) is 0. The SMILES string of the molecule is CC(C)(NC(=O)C1NCC2CCCC21)c1ccc(Br)cc1. The first-order valence-corrected chi connectivity index (χ1v) is 8.58. The van der Waals surface area contributed by atoms with Crippen molar-refractivity contribution in [1.82, 2.24) is 10.6 Å². The van der Waals surface area contributed by atoms with Gasteiger partial charge in [0.05, 0.1) is 11.6 Å². The van der Waals surface area contributed by atoms with Crippen molar-refractivity contribution in [2.45, 2.75) is 44.7 Å². The summed E-state index contributed by atoms with van der Waals surface area (Å²) in [5.74, 6) is 1.39. The third-order valence-electron chi connectivity index (χ3n) is 5.03. The van der Waals surface area contributed by atoms with E-state index in [1.807, 2.05) is 12.1 Å². The van der Waals surface area contributed by atoms with Gasteiger partial charge in [-0.15, -0.1) is 0 Å². The second-order valence-electron chi connectivity index (χ2n) is 6.86. The Labute approximate surface area is 135 Å². The van der Waals surface area contributed by atoms with E-state index in [0.717, 1.165) is 16.6 Å². The Morgan fingerprint density at radius 3 is 2.71 bits per heavy atom. The Bertz CT molecular complexity index is 526. The van der Waals surface area contributed by atoms with Crippen LogP contribution in [-0.2, 0) is 10.3 Å². The molecule has 0 spiro atoms. The maximum absolute atomic E-state index is 12.7. The molecule has 4 heteroatoms. The molecule has 1 amide bonds. The highest BCUT2D eigenvalue weighted by Gasteiger charge is 2.43. The Morgan fingerprint density at radius 2 is 2.00 bits per heavy atom. The van der Waals surface area contributed by atoms with Crippen LogP contribution in [0.4, 0.5) is 0 Å². The van der Waals surface area contributed by atoms with Gasteiger partial charge in [0.1, 0.15) is 0 Å². The van der Waals surface area contributed by atoms with Crippen molar-refractivity contribution in [2.24, 2.45) is 11.8 Å². The molecule has 0 bridgehead atoms. The molecule has 3 rings (SSSR count). The van der Waals surface area contributed by atoms with Gasteiger partial charge in [-0.2, -0.15) is 0 Å². The number of carbonyl (C=O) groups excluding carboxylic acids is 1. The summed E-state index contributed by atoms with van der Waals surface area (Å²) in [6, 6.07) is 8.15. The molecular formula is C17H23BrN2O. The van der Waals surface area contributed by atoms with E-state index < -0.39 is 0 Å². The predicted molar refractivity (Wildman–Crippen MR) is 87.9 cm³/mol. The van der Waals surface area contributed by atoms with Gasteiger partial charge in [0, 0.05) is 4.47 Å². The maximum Gasteiger partial charge on any atom is 0.238 e. The molecule has 2 N–H and O–H groups in total. The number of hydrogen-bond donors (Lipinski definition) is 2. The Balaban J connectivity index is 1.70. The van der Waals surface area contributed by atoms with Gasteiger partial charge < -0.3 is 10.6 Å². The summed E-state index contributed by atoms with van der Waals surface area (Å²) in [4.78, 5) is 12.7. The fourth-order valence-electron chi connectivity index (χ4n) is 3.80. The van der Waals surface area contributed by atoms with E-state index in [-0.39, 0.29) is 17.5 Å². The number of fused-ring (bicyclic) bond motifs is 1. The van der Waals surface area contributed by atoms with Gasteiger partial charge in [0.2, 0.25) is 5.91 Å². The molecule has 2 aliphatic rings. The standard InChI is InChI=1S/C17H23BrN2O/c1-17(2,12-6-8-13(18)9-7-12)20-16(21)15-14-5-3-4-11(14)10-19-15/h6-9,11,14-15,19H,3-5,10H2,1-2H3,(H,20,21). The molecule has 1 aliphatic heterocycles. The van der Waals surface area contributed by atoms with Crippen molar-refractivity contribution < 1.29 is 4.79 Å². The van der Waals surface area contributed by atoms with Crippen LogP contribution in [0.3, 0.4) is 0 Å². The highest BCUT2D eigenvalue weighted by Crippen LogP contribution is 2.38. The molecule has 1 aromatic rings. The van der Waals surface area contributed by atoms with E-state index in [2.05, 4.69) is 52.5 Å². The molecule has 21 heavy (non-hydrogen) atoms. The van der Waals surface area contributed by atoms with Crippen LogP contribution in [0.5, 0.6) is 0 Å². The number of amides is 1. The quantitative estimate of drug-likeness (QED) is 0.878. The molecule has 2 fully saturated rings. The second kappa shape index (κ2) is 5.73. The third kappa shape index (κ3) is 3.02. The van der Waals surface area contributed by atoms with Crippen molar-refractivity contribution in [1.29, 1.82) is 0 Å². The van der Waals surface area contributed by atoms with Crippen molar-refractivity contribution in [3.63, 3.8) is 0 Å². The average Bonchev–Trinajstić information content (AvgIpc) is 3.00. The summed E-state index contributed by atoms with van der Waals surface area (Å²) in [5, 5.41) is 6.65.